The molecule has 160 valence electrons. The fourth-order valence-corrected chi connectivity index (χ4v) is 2.07. The van der Waals surface area contributed by atoms with Gasteiger partial charge in [0, 0.05) is 0 Å². The molecule has 10 heteroatoms. The van der Waals surface area contributed by atoms with Crippen LogP contribution in [-0.4, -0.2) is 42.4 Å². The van der Waals surface area contributed by atoms with E-state index >= 15 is 0 Å². The lowest BCUT2D eigenvalue weighted by Gasteiger charge is -2.22. The highest BCUT2D eigenvalue weighted by Gasteiger charge is 2.21. The van der Waals surface area contributed by atoms with E-state index in [4.69, 9.17) is 21.1 Å². The van der Waals surface area contributed by atoms with Gasteiger partial charge in [-0.3, -0.25) is 10.6 Å². The number of esters is 1. The molecule has 0 atom stereocenters. The second kappa shape index (κ2) is 9.60. The van der Waals surface area contributed by atoms with Crippen molar-refractivity contribution in [2.75, 3.05) is 7.11 Å². The Bertz CT molecular complexity index is 777. The van der Waals surface area contributed by atoms with Crippen LogP contribution in [0, 0.1) is 0 Å². The summed E-state index contributed by atoms with van der Waals surface area (Å²) in [6.07, 6.45) is -1.68. The summed E-state index contributed by atoms with van der Waals surface area (Å²) in [5.74, 6) is -0.831. The first kappa shape index (κ1) is 24.2. The molecule has 0 saturated carbocycles. The summed E-state index contributed by atoms with van der Waals surface area (Å²) in [5, 5.41) is 4.78. The highest BCUT2D eigenvalue weighted by molar-refractivity contribution is 6.33. The van der Waals surface area contributed by atoms with Crippen LogP contribution in [0.15, 0.2) is 23.2 Å². The number of rotatable bonds is 2. The zero-order chi connectivity index (χ0) is 22.4. The molecule has 2 amide bonds. The monoisotopic (exact) mass is 427 g/mol. The third-order valence-electron chi connectivity index (χ3n) is 2.84. The van der Waals surface area contributed by atoms with Crippen molar-refractivity contribution in [1.29, 1.82) is 0 Å². The summed E-state index contributed by atoms with van der Waals surface area (Å²) in [6, 6.07) is 4.22. The van der Waals surface area contributed by atoms with E-state index in [9.17, 15) is 14.4 Å². The molecule has 0 fully saturated rings. The SMILES string of the molecule is COC(=O)c1ccc(N=C(NC(=O)OC(C)(C)C)NC(=O)OC(C)(C)C)c(Cl)c1. The van der Waals surface area contributed by atoms with E-state index in [1.54, 1.807) is 41.5 Å². The molecular weight excluding hydrogens is 402 g/mol. The maximum Gasteiger partial charge on any atom is 0.414 e. The van der Waals surface area contributed by atoms with Gasteiger partial charge in [0.25, 0.3) is 0 Å². The van der Waals surface area contributed by atoms with Gasteiger partial charge < -0.3 is 14.2 Å². The van der Waals surface area contributed by atoms with Crippen LogP contribution >= 0.6 is 11.6 Å². The van der Waals surface area contributed by atoms with Crippen LogP contribution in [-0.2, 0) is 14.2 Å². The van der Waals surface area contributed by atoms with Gasteiger partial charge in [0.15, 0.2) is 0 Å². The number of methoxy groups -OCH3 is 1. The number of amides is 2. The van der Waals surface area contributed by atoms with Gasteiger partial charge in [-0.2, -0.15) is 0 Å². The number of hydrogen-bond donors (Lipinski definition) is 2. The first-order chi connectivity index (χ1) is 13.2. The Balaban J connectivity index is 3.16. The standard InChI is InChI=1S/C19H26ClN3O6/c1-18(2,3)28-16(25)22-15(23-17(26)29-19(4,5)6)21-13-9-8-11(10-12(13)20)14(24)27-7/h8-10H,1-7H3,(H2,21,22,23,25,26). The fourth-order valence-electron chi connectivity index (χ4n) is 1.85. The number of nitrogens with one attached hydrogen (secondary N) is 2. The zero-order valence-corrected chi connectivity index (χ0v) is 18.3. The van der Waals surface area contributed by atoms with Crippen molar-refractivity contribution in [1.82, 2.24) is 10.6 Å². The van der Waals surface area contributed by atoms with Crippen LogP contribution in [0.25, 0.3) is 0 Å². The lowest BCUT2D eigenvalue weighted by Crippen LogP contribution is -2.47. The normalized spacial score (nSPS) is 11.2. The van der Waals surface area contributed by atoms with Crippen molar-refractivity contribution >= 4 is 41.4 Å². The molecule has 1 aromatic carbocycles. The minimum absolute atomic E-state index is 0.0994. The maximum atomic E-state index is 12.1. The molecule has 29 heavy (non-hydrogen) atoms. The van der Waals surface area contributed by atoms with Gasteiger partial charge in [-0.05, 0) is 59.7 Å². The highest BCUT2D eigenvalue weighted by atomic mass is 35.5. The number of guanidine groups is 1. The first-order valence-corrected chi connectivity index (χ1v) is 9.04. The molecule has 0 bridgehead atoms. The predicted molar refractivity (Wildman–Crippen MR) is 109 cm³/mol. The van der Waals surface area contributed by atoms with Crippen LogP contribution in [0.4, 0.5) is 15.3 Å². The Morgan fingerprint density at radius 3 is 1.79 bits per heavy atom. The Morgan fingerprint density at radius 2 is 1.41 bits per heavy atom. The van der Waals surface area contributed by atoms with Crippen molar-refractivity contribution < 1.29 is 28.6 Å². The molecule has 0 unspecified atom stereocenters. The number of aliphatic imine (C=N–C) groups is 1. The molecule has 9 nitrogen and oxygen atoms in total. The topological polar surface area (TPSA) is 115 Å². The Morgan fingerprint density at radius 1 is 0.931 bits per heavy atom. The van der Waals surface area contributed by atoms with E-state index in [1.807, 2.05) is 0 Å². The molecule has 0 aliphatic carbocycles. The zero-order valence-electron chi connectivity index (χ0n) is 17.5. The van der Waals surface area contributed by atoms with Gasteiger partial charge in [-0.1, -0.05) is 11.6 Å². The number of carbonyl (C=O) groups excluding carboxylic acids is 3. The van der Waals surface area contributed by atoms with Gasteiger partial charge in [0.2, 0.25) is 5.96 Å². The lowest BCUT2D eigenvalue weighted by molar-refractivity contribution is 0.0542. The van der Waals surface area contributed by atoms with Crippen LogP contribution in [0.3, 0.4) is 0 Å². The quantitative estimate of drug-likeness (QED) is 0.317. The molecule has 0 aliphatic rings. The third kappa shape index (κ3) is 9.29. The third-order valence-corrected chi connectivity index (χ3v) is 3.14. The van der Waals surface area contributed by atoms with Crippen molar-refractivity contribution in [2.45, 2.75) is 52.7 Å². The van der Waals surface area contributed by atoms with E-state index in [2.05, 4.69) is 20.4 Å². The molecule has 1 aromatic rings. The van der Waals surface area contributed by atoms with Crippen LogP contribution in [0.1, 0.15) is 51.9 Å². The molecule has 0 aliphatic heterocycles. The number of benzene rings is 1. The Hall–Kier alpha value is -2.81. The van der Waals surface area contributed by atoms with E-state index < -0.39 is 29.4 Å². The maximum absolute atomic E-state index is 12.1. The Kier molecular flexibility index (Phi) is 8.02. The minimum Gasteiger partial charge on any atom is -0.465 e. The first-order valence-electron chi connectivity index (χ1n) is 8.67. The second-order valence-corrected chi connectivity index (χ2v) is 8.28. The summed E-state index contributed by atoms with van der Waals surface area (Å²) in [6.45, 7) is 10.1. The molecule has 0 spiro atoms. The average molecular weight is 428 g/mol. The largest absolute Gasteiger partial charge is 0.465 e. The molecule has 0 radical (unpaired) electrons. The van der Waals surface area contributed by atoms with Crippen LogP contribution in [0.2, 0.25) is 5.02 Å². The molecule has 0 aromatic heterocycles. The fraction of sp³-hybridized carbons (Fsp3) is 0.474. The lowest BCUT2D eigenvalue weighted by atomic mass is 10.2. The van der Waals surface area contributed by atoms with Gasteiger partial charge in [0.1, 0.15) is 11.2 Å². The smallest absolute Gasteiger partial charge is 0.414 e. The van der Waals surface area contributed by atoms with Crippen molar-refractivity contribution in [3.05, 3.63) is 28.8 Å². The van der Waals surface area contributed by atoms with E-state index in [1.165, 1.54) is 25.3 Å². The number of carbonyl (C=O) groups is 3. The number of alkyl carbamates (subject to hydrolysis) is 2. The van der Waals surface area contributed by atoms with Crippen molar-refractivity contribution in [3.8, 4) is 0 Å². The summed E-state index contributed by atoms with van der Waals surface area (Å²) in [5.41, 5.74) is -1.12. The molecular formula is C19H26ClN3O6. The van der Waals surface area contributed by atoms with Gasteiger partial charge in [-0.25, -0.2) is 19.4 Å². The van der Waals surface area contributed by atoms with Crippen LogP contribution < -0.4 is 10.6 Å². The predicted octanol–water partition coefficient (Wildman–Crippen LogP) is 4.16. The van der Waals surface area contributed by atoms with Gasteiger partial charge in [-0.15, -0.1) is 0 Å². The average Bonchev–Trinajstić information content (AvgIpc) is 2.52. The molecule has 2 N–H and O–H groups in total. The molecule has 1 rings (SSSR count). The Labute approximate surface area is 174 Å². The van der Waals surface area contributed by atoms with Gasteiger partial charge in [0.05, 0.1) is 23.4 Å². The molecule has 0 heterocycles. The summed E-state index contributed by atoms with van der Waals surface area (Å²) in [7, 11) is 1.25. The summed E-state index contributed by atoms with van der Waals surface area (Å²) >= 11 is 6.16. The number of halogens is 1. The number of nitrogens with zero attached hydrogens (tertiary/aromatic N) is 1. The summed E-state index contributed by atoms with van der Waals surface area (Å²) < 4.78 is 15.0. The number of hydrogen-bond acceptors (Lipinski definition) is 7. The minimum atomic E-state index is -0.838. The van der Waals surface area contributed by atoms with Crippen LogP contribution in [0.5, 0.6) is 0 Å². The number of ether oxygens (including phenoxy) is 3. The second-order valence-electron chi connectivity index (χ2n) is 7.87. The van der Waals surface area contributed by atoms with E-state index in [-0.39, 0.29) is 22.2 Å². The van der Waals surface area contributed by atoms with Crippen molar-refractivity contribution in [2.24, 2.45) is 4.99 Å². The van der Waals surface area contributed by atoms with E-state index in [0.29, 0.717) is 0 Å². The molecule has 0 saturated heterocycles. The van der Waals surface area contributed by atoms with Crippen molar-refractivity contribution in [3.63, 3.8) is 0 Å². The summed E-state index contributed by atoms with van der Waals surface area (Å²) in [4.78, 5) is 39.9. The van der Waals surface area contributed by atoms with E-state index in [0.717, 1.165) is 0 Å². The van der Waals surface area contributed by atoms with Gasteiger partial charge >= 0.3 is 18.2 Å². The highest BCUT2D eigenvalue weighted by Crippen LogP contribution is 2.26.